The molecule has 1 saturated heterocycles. The number of aliphatic hydroxyl groups excluding tert-OH is 1. The summed E-state index contributed by atoms with van der Waals surface area (Å²) < 4.78 is 0. The number of piperidine rings is 1. The van der Waals surface area contributed by atoms with Gasteiger partial charge in [0, 0.05) is 13.1 Å². The van der Waals surface area contributed by atoms with E-state index in [1.54, 1.807) is 0 Å². The van der Waals surface area contributed by atoms with Gasteiger partial charge in [-0.2, -0.15) is 0 Å². The van der Waals surface area contributed by atoms with E-state index < -0.39 is 5.72 Å². The number of rotatable bonds is 6. The maximum Gasteiger partial charge on any atom is 0.141 e. The first-order chi connectivity index (χ1) is 9.24. The van der Waals surface area contributed by atoms with Crippen LogP contribution in [-0.4, -0.2) is 40.5 Å². The maximum atomic E-state index is 10.6. The zero-order valence-corrected chi connectivity index (χ0v) is 11.6. The molecule has 1 aliphatic heterocycles. The minimum atomic E-state index is -1.02. The smallest absolute Gasteiger partial charge is 0.141 e. The van der Waals surface area contributed by atoms with Crippen molar-refractivity contribution in [3.8, 4) is 0 Å². The van der Waals surface area contributed by atoms with Crippen LogP contribution in [0.25, 0.3) is 0 Å². The fourth-order valence-corrected chi connectivity index (χ4v) is 2.87. The Kier molecular flexibility index (Phi) is 5.37. The van der Waals surface area contributed by atoms with Crippen LogP contribution in [0.4, 0.5) is 0 Å². The van der Waals surface area contributed by atoms with Gasteiger partial charge in [-0.1, -0.05) is 36.8 Å². The van der Waals surface area contributed by atoms with Gasteiger partial charge in [0.15, 0.2) is 0 Å². The molecule has 106 valence electrons. The SMILES string of the molecule is OCC(O)(CCCc1ccccc1)N1CCCCC1. The molecule has 0 saturated carbocycles. The Labute approximate surface area is 115 Å². The lowest BCUT2D eigenvalue weighted by Crippen LogP contribution is -2.53. The Morgan fingerprint density at radius 3 is 2.37 bits per heavy atom. The van der Waals surface area contributed by atoms with Gasteiger partial charge in [-0.05, 0) is 37.7 Å². The Hall–Kier alpha value is -0.900. The molecule has 0 bridgehead atoms. The molecule has 0 amide bonds. The molecule has 0 radical (unpaired) electrons. The zero-order chi connectivity index (χ0) is 13.6. The van der Waals surface area contributed by atoms with Gasteiger partial charge in [0.25, 0.3) is 0 Å². The highest BCUT2D eigenvalue weighted by Gasteiger charge is 2.33. The summed E-state index contributed by atoms with van der Waals surface area (Å²) in [7, 11) is 0. The average molecular weight is 263 g/mol. The van der Waals surface area contributed by atoms with Crippen molar-refractivity contribution in [2.24, 2.45) is 0 Å². The zero-order valence-electron chi connectivity index (χ0n) is 11.6. The molecule has 3 nitrogen and oxygen atoms in total. The van der Waals surface area contributed by atoms with E-state index >= 15 is 0 Å². The molecule has 1 unspecified atom stereocenters. The molecule has 1 aliphatic rings. The highest BCUT2D eigenvalue weighted by molar-refractivity contribution is 5.14. The Bertz CT molecular complexity index is 362. The second-order valence-electron chi connectivity index (χ2n) is 5.53. The van der Waals surface area contributed by atoms with Crippen LogP contribution in [0.5, 0.6) is 0 Å². The summed E-state index contributed by atoms with van der Waals surface area (Å²) in [4.78, 5) is 2.06. The van der Waals surface area contributed by atoms with Crippen molar-refractivity contribution in [3.63, 3.8) is 0 Å². The third kappa shape index (κ3) is 4.03. The minimum Gasteiger partial charge on any atom is -0.392 e. The predicted octanol–water partition coefficient (Wildman–Crippen LogP) is 2.18. The van der Waals surface area contributed by atoms with Gasteiger partial charge in [-0.25, -0.2) is 0 Å². The Morgan fingerprint density at radius 2 is 1.74 bits per heavy atom. The lowest BCUT2D eigenvalue weighted by Gasteiger charge is -2.40. The molecule has 1 heterocycles. The van der Waals surface area contributed by atoms with Crippen LogP contribution >= 0.6 is 0 Å². The molecule has 2 rings (SSSR count). The van der Waals surface area contributed by atoms with Gasteiger partial charge >= 0.3 is 0 Å². The molecular weight excluding hydrogens is 238 g/mol. The van der Waals surface area contributed by atoms with Crippen molar-refractivity contribution in [3.05, 3.63) is 35.9 Å². The molecule has 2 N–H and O–H groups in total. The van der Waals surface area contributed by atoms with Crippen molar-refractivity contribution in [2.75, 3.05) is 19.7 Å². The monoisotopic (exact) mass is 263 g/mol. The van der Waals surface area contributed by atoms with E-state index in [4.69, 9.17) is 0 Å². The largest absolute Gasteiger partial charge is 0.392 e. The summed E-state index contributed by atoms with van der Waals surface area (Å²) in [5, 5.41) is 20.1. The number of aliphatic hydroxyl groups is 2. The van der Waals surface area contributed by atoms with E-state index in [-0.39, 0.29) is 6.61 Å². The van der Waals surface area contributed by atoms with Crippen LogP contribution in [-0.2, 0) is 6.42 Å². The van der Waals surface area contributed by atoms with E-state index in [1.807, 2.05) is 18.2 Å². The quantitative estimate of drug-likeness (QED) is 0.827. The number of likely N-dealkylation sites (tertiary alicyclic amines) is 1. The first kappa shape index (κ1) is 14.5. The molecule has 0 spiro atoms. The van der Waals surface area contributed by atoms with E-state index in [1.165, 1.54) is 12.0 Å². The molecule has 1 aromatic rings. The van der Waals surface area contributed by atoms with Crippen LogP contribution in [0.15, 0.2) is 30.3 Å². The standard InChI is InChI=1S/C16H25NO2/c18-14-16(19,17-12-5-2-6-13-17)11-7-10-15-8-3-1-4-9-15/h1,3-4,8-9,18-19H,2,5-7,10-14H2. The summed E-state index contributed by atoms with van der Waals surface area (Å²) in [5.74, 6) is 0. The summed E-state index contributed by atoms with van der Waals surface area (Å²) in [6.45, 7) is 1.65. The van der Waals surface area contributed by atoms with Crippen molar-refractivity contribution in [2.45, 2.75) is 44.2 Å². The average Bonchev–Trinajstić information content (AvgIpc) is 2.49. The number of nitrogens with zero attached hydrogens (tertiary/aromatic N) is 1. The number of hydrogen-bond donors (Lipinski definition) is 2. The second kappa shape index (κ2) is 7.04. The topological polar surface area (TPSA) is 43.7 Å². The van der Waals surface area contributed by atoms with Gasteiger partial charge in [0.2, 0.25) is 0 Å². The van der Waals surface area contributed by atoms with Crippen molar-refractivity contribution in [1.82, 2.24) is 4.90 Å². The van der Waals surface area contributed by atoms with Gasteiger partial charge in [-0.15, -0.1) is 0 Å². The third-order valence-corrected chi connectivity index (χ3v) is 4.08. The van der Waals surface area contributed by atoms with Gasteiger partial charge in [0.05, 0.1) is 6.61 Å². The summed E-state index contributed by atoms with van der Waals surface area (Å²) in [6.07, 6.45) is 5.98. The van der Waals surface area contributed by atoms with Crippen LogP contribution in [0.1, 0.15) is 37.7 Å². The van der Waals surface area contributed by atoms with Gasteiger partial charge in [0.1, 0.15) is 5.72 Å². The molecular formula is C16H25NO2. The Balaban J connectivity index is 1.84. The number of benzene rings is 1. The maximum absolute atomic E-state index is 10.6. The number of hydrogen-bond acceptors (Lipinski definition) is 3. The first-order valence-corrected chi connectivity index (χ1v) is 7.37. The van der Waals surface area contributed by atoms with Crippen molar-refractivity contribution >= 4 is 0 Å². The molecule has 0 aromatic heterocycles. The van der Waals surface area contributed by atoms with Gasteiger partial charge < -0.3 is 10.2 Å². The molecule has 1 aromatic carbocycles. The molecule has 19 heavy (non-hydrogen) atoms. The Morgan fingerprint density at radius 1 is 1.05 bits per heavy atom. The van der Waals surface area contributed by atoms with Gasteiger partial charge in [-0.3, -0.25) is 4.90 Å². The van der Waals surface area contributed by atoms with Crippen LogP contribution < -0.4 is 0 Å². The van der Waals surface area contributed by atoms with E-state index in [0.29, 0.717) is 6.42 Å². The molecule has 3 heteroatoms. The second-order valence-corrected chi connectivity index (χ2v) is 5.53. The minimum absolute atomic E-state index is 0.165. The highest BCUT2D eigenvalue weighted by Crippen LogP contribution is 2.23. The van der Waals surface area contributed by atoms with Crippen molar-refractivity contribution < 1.29 is 10.2 Å². The van der Waals surface area contributed by atoms with E-state index in [0.717, 1.165) is 38.8 Å². The van der Waals surface area contributed by atoms with Crippen LogP contribution in [0.3, 0.4) is 0 Å². The number of aryl methyl sites for hydroxylation is 1. The molecule has 1 atom stereocenters. The molecule has 0 aliphatic carbocycles. The lowest BCUT2D eigenvalue weighted by atomic mass is 9.99. The summed E-state index contributed by atoms with van der Waals surface area (Å²) in [5.41, 5.74) is 0.274. The highest BCUT2D eigenvalue weighted by atomic mass is 16.3. The third-order valence-electron chi connectivity index (χ3n) is 4.08. The lowest BCUT2D eigenvalue weighted by molar-refractivity contribution is -0.150. The molecule has 1 fully saturated rings. The fraction of sp³-hybridized carbons (Fsp3) is 0.625. The summed E-state index contributed by atoms with van der Waals surface area (Å²) in [6, 6.07) is 10.3. The van der Waals surface area contributed by atoms with Crippen LogP contribution in [0, 0.1) is 0 Å². The fourth-order valence-electron chi connectivity index (χ4n) is 2.87. The van der Waals surface area contributed by atoms with E-state index in [9.17, 15) is 10.2 Å². The normalized spacial score (nSPS) is 20.1. The predicted molar refractivity (Wildman–Crippen MR) is 76.8 cm³/mol. The first-order valence-electron chi connectivity index (χ1n) is 7.37. The summed E-state index contributed by atoms with van der Waals surface area (Å²) >= 11 is 0. The van der Waals surface area contributed by atoms with Crippen LogP contribution in [0.2, 0.25) is 0 Å². The van der Waals surface area contributed by atoms with Crippen molar-refractivity contribution in [1.29, 1.82) is 0 Å². The van der Waals surface area contributed by atoms with E-state index in [2.05, 4.69) is 17.0 Å².